The molecule has 0 bridgehead atoms. The summed E-state index contributed by atoms with van der Waals surface area (Å²) in [6, 6.07) is 9.44. The molecule has 0 aliphatic carbocycles. The molecule has 0 radical (unpaired) electrons. The Balaban J connectivity index is 1.97. The van der Waals surface area contributed by atoms with E-state index in [9.17, 15) is 18.4 Å². The fraction of sp³-hybridized carbons (Fsp3) is 0.318. The number of hydrogen-bond acceptors (Lipinski definition) is 4. The number of carbonyl (C=O) groups excluding carboxylic acids is 1. The molecule has 1 atom stereocenters. The molecule has 30 heavy (non-hydrogen) atoms. The van der Waals surface area contributed by atoms with Gasteiger partial charge in [-0.3, -0.25) is 9.59 Å². The van der Waals surface area contributed by atoms with Crippen molar-refractivity contribution in [3.05, 3.63) is 75.7 Å². The molecule has 8 heteroatoms. The first kappa shape index (κ1) is 21.6. The lowest BCUT2D eigenvalue weighted by Gasteiger charge is -2.26. The number of rotatable bonds is 6. The number of carbonyl (C=O) groups is 1. The van der Waals surface area contributed by atoms with Crippen LogP contribution in [0.1, 0.15) is 42.0 Å². The van der Waals surface area contributed by atoms with Gasteiger partial charge in [-0.15, -0.1) is 0 Å². The van der Waals surface area contributed by atoms with Crippen LogP contribution in [0.5, 0.6) is 0 Å². The number of nitrogens with zero attached hydrogens (tertiary/aromatic N) is 3. The zero-order chi connectivity index (χ0) is 22.0. The van der Waals surface area contributed by atoms with Crippen LogP contribution in [0.3, 0.4) is 0 Å². The molecule has 2 aromatic carbocycles. The molecule has 1 amide bonds. The highest BCUT2D eigenvalue weighted by Gasteiger charge is 2.24. The monoisotopic (exact) mass is 414 g/mol. The molecule has 1 aromatic heterocycles. The molecule has 1 unspecified atom stereocenters. The number of likely N-dealkylation sites (N-methyl/N-ethyl adjacent to an activating group) is 1. The molecule has 1 heterocycles. The van der Waals surface area contributed by atoms with Crippen LogP contribution in [-0.2, 0) is 0 Å². The first-order valence-electron chi connectivity index (χ1n) is 9.62. The third-order valence-electron chi connectivity index (χ3n) is 4.94. The Bertz CT molecular complexity index is 1120. The Morgan fingerprint density at radius 3 is 2.23 bits per heavy atom. The lowest BCUT2D eigenvalue weighted by molar-refractivity contribution is 0.0935. The Kier molecular flexibility index (Phi) is 6.26. The van der Waals surface area contributed by atoms with Crippen LogP contribution in [0.25, 0.3) is 10.8 Å². The molecule has 0 spiro atoms. The second-order valence-corrected chi connectivity index (χ2v) is 7.56. The third-order valence-corrected chi connectivity index (χ3v) is 4.94. The van der Waals surface area contributed by atoms with E-state index in [1.807, 2.05) is 0 Å². The quantitative estimate of drug-likeness (QED) is 0.672. The number of aromatic nitrogens is 2. The van der Waals surface area contributed by atoms with Gasteiger partial charge >= 0.3 is 0 Å². The van der Waals surface area contributed by atoms with Crippen molar-refractivity contribution in [1.82, 2.24) is 20.0 Å². The topological polar surface area (TPSA) is 67.2 Å². The summed E-state index contributed by atoms with van der Waals surface area (Å²) in [6.07, 6.45) is 0. The summed E-state index contributed by atoms with van der Waals surface area (Å²) in [6.45, 7) is 3.56. The first-order chi connectivity index (χ1) is 14.2. The van der Waals surface area contributed by atoms with Gasteiger partial charge in [-0.2, -0.15) is 5.10 Å². The predicted molar refractivity (Wildman–Crippen MR) is 112 cm³/mol. The molecule has 0 aliphatic rings. The lowest BCUT2D eigenvalue weighted by atomic mass is 10.0. The predicted octanol–water partition coefficient (Wildman–Crippen LogP) is 3.29. The number of hydrogen-bond donors (Lipinski definition) is 1. The normalized spacial score (nSPS) is 12.5. The van der Waals surface area contributed by atoms with E-state index < -0.39 is 23.6 Å². The van der Waals surface area contributed by atoms with Crippen LogP contribution in [0.2, 0.25) is 0 Å². The third kappa shape index (κ3) is 4.09. The summed E-state index contributed by atoms with van der Waals surface area (Å²) < 4.78 is 29.8. The Hall–Kier alpha value is -3.13. The van der Waals surface area contributed by atoms with Crippen molar-refractivity contribution in [3.8, 4) is 0 Å². The van der Waals surface area contributed by atoms with Gasteiger partial charge in [-0.25, -0.2) is 13.5 Å². The van der Waals surface area contributed by atoms with Crippen LogP contribution in [0.15, 0.2) is 47.3 Å². The van der Waals surface area contributed by atoms with Crippen molar-refractivity contribution in [2.75, 3.05) is 20.6 Å². The van der Waals surface area contributed by atoms with Crippen LogP contribution < -0.4 is 10.9 Å². The molecular formula is C22H24F2N4O2. The van der Waals surface area contributed by atoms with E-state index in [4.69, 9.17) is 0 Å². The van der Waals surface area contributed by atoms with Gasteiger partial charge in [0.15, 0.2) is 5.69 Å². The molecule has 0 fully saturated rings. The zero-order valence-corrected chi connectivity index (χ0v) is 17.3. The molecule has 6 nitrogen and oxygen atoms in total. The van der Waals surface area contributed by atoms with Crippen molar-refractivity contribution in [2.45, 2.75) is 25.9 Å². The van der Waals surface area contributed by atoms with E-state index in [2.05, 4.69) is 10.4 Å². The van der Waals surface area contributed by atoms with Gasteiger partial charge in [0, 0.05) is 17.5 Å². The van der Waals surface area contributed by atoms with E-state index in [1.165, 1.54) is 22.9 Å². The Morgan fingerprint density at radius 1 is 1.07 bits per heavy atom. The highest BCUT2D eigenvalue weighted by atomic mass is 19.1. The van der Waals surface area contributed by atoms with Crippen LogP contribution >= 0.6 is 0 Å². The molecule has 0 saturated heterocycles. The van der Waals surface area contributed by atoms with Crippen molar-refractivity contribution >= 4 is 16.7 Å². The average molecular weight is 414 g/mol. The molecule has 3 aromatic rings. The second-order valence-electron chi connectivity index (χ2n) is 7.56. The molecule has 0 saturated carbocycles. The van der Waals surface area contributed by atoms with Crippen LogP contribution in [0, 0.1) is 11.6 Å². The largest absolute Gasteiger partial charge is 0.349 e. The van der Waals surface area contributed by atoms with E-state index in [1.54, 1.807) is 57.1 Å². The average Bonchev–Trinajstić information content (AvgIpc) is 2.69. The highest BCUT2D eigenvalue weighted by Crippen LogP contribution is 2.24. The van der Waals surface area contributed by atoms with Gasteiger partial charge in [-0.1, -0.05) is 24.3 Å². The van der Waals surface area contributed by atoms with Crippen LogP contribution in [-0.4, -0.2) is 41.2 Å². The van der Waals surface area contributed by atoms with Gasteiger partial charge in [0.25, 0.3) is 11.5 Å². The minimum atomic E-state index is -0.725. The summed E-state index contributed by atoms with van der Waals surface area (Å²) in [5.74, 6) is -1.89. The van der Waals surface area contributed by atoms with Crippen LogP contribution in [0.4, 0.5) is 8.78 Å². The smallest absolute Gasteiger partial charge is 0.274 e. The number of amides is 1. The summed E-state index contributed by atoms with van der Waals surface area (Å²) >= 11 is 0. The first-order valence-corrected chi connectivity index (χ1v) is 9.62. The summed E-state index contributed by atoms with van der Waals surface area (Å²) in [4.78, 5) is 27.2. The number of fused-ring (bicyclic) bond motifs is 1. The number of halogens is 2. The van der Waals surface area contributed by atoms with Gasteiger partial charge in [0.05, 0.1) is 17.5 Å². The SMILES string of the molecule is CC(C)n1nc(C(=O)NCC(c2c(F)cccc2F)N(C)C)c2ccccc2c1=O. The molecular weight excluding hydrogens is 390 g/mol. The molecule has 158 valence electrons. The maximum atomic E-state index is 14.3. The van der Waals surface area contributed by atoms with Gasteiger partial charge < -0.3 is 10.2 Å². The number of nitrogens with one attached hydrogen (secondary N) is 1. The minimum absolute atomic E-state index is 0.0412. The summed E-state index contributed by atoms with van der Waals surface area (Å²) in [7, 11) is 3.35. The van der Waals surface area contributed by atoms with Gasteiger partial charge in [0.2, 0.25) is 0 Å². The molecule has 0 aliphatic heterocycles. The van der Waals surface area contributed by atoms with E-state index >= 15 is 0 Å². The molecule has 1 N–H and O–H groups in total. The molecule has 3 rings (SSSR count). The Labute approximate surface area is 173 Å². The fourth-order valence-electron chi connectivity index (χ4n) is 3.37. The van der Waals surface area contributed by atoms with Gasteiger partial charge in [-0.05, 0) is 46.1 Å². The van der Waals surface area contributed by atoms with Crippen molar-refractivity contribution in [2.24, 2.45) is 0 Å². The second kappa shape index (κ2) is 8.71. The minimum Gasteiger partial charge on any atom is -0.349 e. The van der Waals surface area contributed by atoms with Gasteiger partial charge in [0.1, 0.15) is 11.6 Å². The van der Waals surface area contributed by atoms with E-state index in [0.29, 0.717) is 10.8 Å². The van der Waals surface area contributed by atoms with Crippen molar-refractivity contribution in [1.29, 1.82) is 0 Å². The highest BCUT2D eigenvalue weighted by molar-refractivity contribution is 6.04. The Morgan fingerprint density at radius 2 is 1.67 bits per heavy atom. The van der Waals surface area contributed by atoms with Crippen molar-refractivity contribution < 1.29 is 13.6 Å². The maximum Gasteiger partial charge on any atom is 0.274 e. The van der Waals surface area contributed by atoms with Crippen molar-refractivity contribution in [3.63, 3.8) is 0 Å². The fourth-order valence-corrected chi connectivity index (χ4v) is 3.37. The zero-order valence-electron chi connectivity index (χ0n) is 17.3. The number of benzene rings is 2. The summed E-state index contributed by atoms with van der Waals surface area (Å²) in [5, 5.41) is 7.79. The van der Waals surface area contributed by atoms with E-state index in [-0.39, 0.29) is 29.4 Å². The van der Waals surface area contributed by atoms with E-state index in [0.717, 1.165) is 0 Å². The maximum absolute atomic E-state index is 14.3. The standard InChI is InChI=1S/C22H24F2N4O2/c1-13(2)28-22(30)15-9-6-5-8-14(15)20(26-28)21(29)25-12-18(27(3)4)19-16(23)10-7-11-17(19)24/h5-11,13,18H,12H2,1-4H3,(H,25,29). The summed E-state index contributed by atoms with van der Waals surface area (Å²) in [5.41, 5.74) is -0.310. The lowest BCUT2D eigenvalue weighted by Crippen LogP contribution is -2.37.